The van der Waals surface area contributed by atoms with Crippen LogP contribution in [0, 0.1) is 0 Å². The lowest BCUT2D eigenvalue weighted by Gasteiger charge is -2.12. The van der Waals surface area contributed by atoms with Crippen LogP contribution in [0.25, 0.3) is 0 Å². The molecule has 0 aliphatic carbocycles. The molecule has 0 heterocycles. The topological polar surface area (TPSA) is 40.5 Å². The number of alkyl halides is 1. The van der Waals surface area contributed by atoms with E-state index in [2.05, 4.69) is 6.92 Å². The summed E-state index contributed by atoms with van der Waals surface area (Å²) in [7, 11) is 0. The second-order valence-electron chi connectivity index (χ2n) is 5.72. The average Bonchev–Trinajstić information content (AvgIpc) is 2.53. The fourth-order valence-corrected chi connectivity index (χ4v) is 2.59. The Morgan fingerprint density at radius 2 is 1.52 bits per heavy atom. The van der Waals surface area contributed by atoms with Crippen LogP contribution in [0.4, 0.5) is 4.39 Å². The maximum atomic E-state index is 14.2. The molecule has 1 rings (SSSR count). The molecule has 120 valence electrons. The molecule has 0 spiro atoms. The van der Waals surface area contributed by atoms with Gasteiger partial charge in [0.15, 0.2) is 0 Å². The molecule has 0 saturated heterocycles. The summed E-state index contributed by atoms with van der Waals surface area (Å²) in [6, 6.07) is 5.10. The molecule has 0 amide bonds. The number of hydrogen-bond acceptors (Lipinski definition) is 2. The van der Waals surface area contributed by atoms with E-state index < -0.39 is 6.17 Å². The van der Waals surface area contributed by atoms with Gasteiger partial charge in [-0.15, -0.1) is 0 Å². The van der Waals surface area contributed by atoms with E-state index >= 15 is 0 Å². The Bertz CT molecular complexity index is 393. The van der Waals surface area contributed by atoms with Crippen molar-refractivity contribution in [3.05, 3.63) is 34.9 Å². The van der Waals surface area contributed by atoms with Crippen LogP contribution in [0.2, 0.25) is 0 Å². The van der Waals surface area contributed by atoms with Gasteiger partial charge in [-0.3, -0.25) is 0 Å². The zero-order chi connectivity index (χ0) is 15.5. The number of aliphatic hydroxyl groups excluding tert-OH is 2. The van der Waals surface area contributed by atoms with Gasteiger partial charge in [0.25, 0.3) is 0 Å². The minimum absolute atomic E-state index is 0.120. The molecule has 2 N–H and O–H groups in total. The molecule has 0 bridgehead atoms. The number of hydrogen-bond donors (Lipinski definition) is 2. The molecule has 0 radical (unpaired) electrons. The molecule has 0 aliphatic heterocycles. The first kappa shape index (κ1) is 18.1. The highest BCUT2D eigenvalue weighted by Gasteiger charge is 2.11. The van der Waals surface area contributed by atoms with E-state index in [4.69, 9.17) is 5.11 Å². The van der Waals surface area contributed by atoms with Crippen molar-refractivity contribution < 1.29 is 14.6 Å². The van der Waals surface area contributed by atoms with Gasteiger partial charge in [-0.25, -0.2) is 4.39 Å². The van der Waals surface area contributed by atoms with Gasteiger partial charge in [0.1, 0.15) is 6.17 Å². The Balaban J connectivity index is 2.33. The van der Waals surface area contributed by atoms with E-state index in [0.717, 1.165) is 12.8 Å². The van der Waals surface area contributed by atoms with Crippen LogP contribution in [0.15, 0.2) is 18.2 Å². The standard InChI is InChI=1S/C18H29FO2/c1-2-3-4-5-6-7-8-9-18(19)15-10-11-16(13-20)17(12-15)14-21/h10-12,18,20-21H,2-9,13-14H2,1H3. The zero-order valence-corrected chi connectivity index (χ0v) is 13.2. The summed E-state index contributed by atoms with van der Waals surface area (Å²) in [6.45, 7) is 1.93. The van der Waals surface area contributed by atoms with Gasteiger partial charge in [-0.1, -0.05) is 70.1 Å². The van der Waals surface area contributed by atoms with Crippen molar-refractivity contribution in [2.45, 2.75) is 77.7 Å². The number of halogens is 1. The summed E-state index contributed by atoms with van der Waals surface area (Å²) in [5.74, 6) is 0. The second kappa shape index (κ2) is 10.7. The molecule has 0 aromatic heterocycles. The molecular formula is C18H29FO2. The van der Waals surface area contributed by atoms with Gasteiger partial charge < -0.3 is 10.2 Å². The van der Waals surface area contributed by atoms with Gasteiger partial charge in [0, 0.05) is 0 Å². The van der Waals surface area contributed by atoms with Crippen LogP contribution >= 0.6 is 0 Å². The van der Waals surface area contributed by atoms with Crippen LogP contribution in [0.1, 0.15) is 81.2 Å². The van der Waals surface area contributed by atoms with Crippen LogP contribution in [0.5, 0.6) is 0 Å². The van der Waals surface area contributed by atoms with Gasteiger partial charge in [0.2, 0.25) is 0 Å². The molecule has 1 atom stereocenters. The molecular weight excluding hydrogens is 267 g/mol. The SMILES string of the molecule is CCCCCCCCCC(F)c1ccc(CO)c(CO)c1. The largest absolute Gasteiger partial charge is 0.392 e. The summed E-state index contributed by atoms with van der Waals surface area (Å²) >= 11 is 0. The van der Waals surface area contributed by atoms with Gasteiger partial charge >= 0.3 is 0 Å². The van der Waals surface area contributed by atoms with E-state index in [9.17, 15) is 9.50 Å². The maximum Gasteiger partial charge on any atom is 0.125 e. The van der Waals surface area contributed by atoms with Crippen molar-refractivity contribution in [1.82, 2.24) is 0 Å². The average molecular weight is 296 g/mol. The molecule has 0 saturated carbocycles. The quantitative estimate of drug-likeness (QED) is 0.575. The summed E-state index contributed by atoms with van der Waals surface area (Å²) in [5, 5.41) is 18.4. The van der Waals surface area contributed by atoms with Crippen molar-refractivity contribution in [3.63, 3.8) is 0 Å². The lowest BCUT2D eigenvalue weighted by atomic mass is 9.98. The highest BCUT2D eigenvalue weighted by molar-refractivity contribution is 5.32. The molecule has 3 heteroatoms. The van der Waals surface area contributed by atoms with Crippen LogP contribution < -0.4 is 0 Å². The monoisotopic (exact) mass is 296 g/mol. The van der Waals surface area contributed by atoms with E-state index in [1.807, 2.05) is 0 Å². The Labute approximate surface area is 128 Å². The first-order valence-corrected chi connectivity index (χ1v) is 8.20. The molecule has 1 unspecified atom stereocenters. The molecule has 1 aromatic rings. The molecule has 21 heavy (non-hydrogen) atoms. The highest BCUT2D eigenvalue weighted by Crippen LogP contribution is 2.26. The third kappa shape index (κ3) is 6.58. The highest BCUT2D eigenvalue weighted by atomic mass is 19.1. The molecule has 1 aromatic carbocycles. The van der Waals surface area contributed by atoms with Gasteiger partial charge in [-0.05, 0) is 23.1 Å². The molecule has 0 fully saturated rings. The summed E-state index contributed by atoms with van der Waals surface area (Å²) in [4.78, 5) is 0. The Hall–Kier alpha value is -0.930. The predicted octanol–water partition coefficient (Wildman–Crippen LogP) is 4.82. The summed E-state index contributed by atoms with van der Waals surface area (Å²) in [6.07, 6.45) is 7.85. The Kier molecular flexibility index (Phi) is 9.27. The maximum absolute atomic E-state index is 14.2. The minimum Gasteiger partial charge on any atom is -0.392 e. The number of rotatable bonds is 11. The fraction of sp³-hybridized carbons (Fsp3) is 0.667. The normalized spacial score (nSPS) is 12.6. The van der Waals surface area contributed by atoms with E-state index in [-0.39, 0.29) is 13.2 Å². The third-order valence-corrected chi connectivity index (χ3v) is 3.99. The smallest absolute Gasteiger partial charge is 0.125 e. The minimum atomic E-state index is -0.973. The zero-order valence-electron chi connectivity index (χ0n) is 13.2. The summed E-state index contributed by atoms with van der Waals surface area (Å²) < 4.78 is 14.2. The van der Waals surface area contributed by atoms with Crippen LogP contribution in [0.3, 0.4) is 0 Å². The number of aliphatic hydroxyl groups is 2. The Morgan fingerprint density at radius 3 is 2.14 bits per heavy atom. The first-order chi connectivity index (χ1) is 10.2. The van der Waals surface area contributed by atoms with Crippen LogP contribution in [-0.4, -0.2) is 10.2 Å². The lowest BCUT2D eigenvalue weighted by Crippen LogP contribution is -1.99. The fourth-order valence-electron chi connectivity index (χ4n) is 2.59. The van der Waals surface area contributed by atoms with Crippen LogP contribution in [-0.2, 0) is 13.2 Å². The number of benzene rings is 1. The molecule has 2 nitrogen and oxygen atoms in total. The van der Waals surface area contributed by atoms with E-state index in [1.165, 1.54) is 32.1 Å². The predicted molar refractivity (Wildman–Crippen MR) is 84.7 cm³/mol. The van der Waals surface area contributed by atoms with Crippen molar-refractivity contribution in [2.75, 3.05) is 0 Å². The summed E-state index contributed by atoms with van der Waals surface area (Å²) in [5.41, 5.74) is 1.91. The van der Waals surface area contributed by atoms with Gasteiger partial charge in [0.05, 0.1) is 13.2 Å². The Morgan fingerprint density at radius 1 is 0.905 bits per heavy atom. The first-order valence-electron chi connectivity index (χ1n) is 8.20. The lowest BCUT2D eigenvalue weighted by molar-refractivity contribution is 0.259. The van der Waals surface area contributed by atoms with Crippen molar-refractivity contribution in [3.8, 4) is 0 Å². The van der Waals surface area contributed by atoms with Crippen molar-refractivity contribution in [1.29, 1.82) is 0 Å². The molecule has 0 aliphatic rings. The van der Waals surface area contributed by atoms with Crippen molar-refractivity contribution >= 4 is 0 Å². The van der Waals surface area contributed by atoms with Gasteiger partial charge in [-0.2, -0.15) is 0 Å². The van der Waals surface area contributed by atoms with Crippen molar-refractivity contribution in [2.24, 2.45) is 0 Å². The van der Waals surface area contributed by atoms with E-state index in [1.54, 1.807) is 18.2 Å². The third-order valence-electron chi connectivity index (χ3n) is 3.99. The number of unbranched alkanes of at least 4 members (excludes halogenated alkanes) is 6. The second-order valence-corrected chi connectivity index (χ2v) is 5.72. The van der Waals surface area contributed by atoms with E-state index in [0.29, 0.717) is 23.1 Å².